The minimum Gasteiger partial charge on any atom is -0.494 e. The molecule has 0 unspecified atom stereocenters. The first kappa shape index (κ1) is 16.7. The molecular weight excluding hydrogens is 388 g/mol. The van der Waals surface area contributed by atoms with Crippen molar-refractivity contribution in [3.05, 3.63) is 32.2 Å². The number of amides is 1. The van der Waals surface area contributed by atoms with Crippen molar-refractivity contribution < 1.29 is 9.53 Å². The minimum atomic E-state index is -0.384. The number of ether oxygens (including phenoxy) is 1. The summed E-state index contributed by atoms with van der Waals surface area (Å²) in [7, 11) is 1.57. The summed E-state index contributed by atoms with van der Waals surface area (Å²) in [4.78, 5) is 11.8. The van der Waals surface area contributed by atoms with Gasteiger partial charge < -0.3 is 10.1 Å². The summed E-state index contributed by atoms with van der Waals surface area (Å²) < 4.78 is 6.68. The zero-order chi connectivity index (χ0) is 15.3. The van der Waals surface area contributed by atoms with Gasteiger partial charge in [-0.25, -0.2) is 0 Å². The lowest BCUT2D eigenvalue weighted by Gasteiger charge is -2.09. The highest BCUT2D eigenvalue weighted by molar-refractivity contribution is 9.11. The number of carbonyl (C=O) groups excluding carboxylic acids is 1. The lowest BCUT2D eigenvalue weighted by atomic mass is 10.1. The largest absolute Gasteiger partial charge is 0.494 e. The Labute approximate surface area is 135 Å². The summed E-state index contributed by atoms with van der Waals surface area (Å²) in [6.07, 6.45) is 1.53. The van der Waals surface area contributed by atoms with E-state index in [4.69, 9.17) is 10.00 Å². The summed E-state index contributed by atoms with van der Waals surface area (Å²) in [5, 5.41) is 11.8. The molecular formula is C14H14Br2N2O2. The Bertz CT molecular complexity index is 566. The molecule has 0 atom stereocenters. The first-order chi connectivity index (χ1) is 9.38. The van der Waals surface area contributed by atoms with Crippen LogP contribution in [0.2, 0.25) is 0 Å². The number of carbonyl (C=O) groups is 1. The Hall–Kier alpha value is -1.32. The molecule has 1 aromatic carbocycles. The van der Waals surface area contributed by atoms with Crippen molar-refractivity contribution in [3.8, 4) is 11.8 Å². The fraction of sp³-hybridized carbons (Fsp3) is 0.286. The van der Waals surface area contributed by atoms with E-state index in [1.807, 2.05) is 19.9 Å². The van der Waals surface area contributed by atoms with Gasteiger partial charge in [-0.2, -0.15) is 5.26 Å². The molecule has 0 radical (unpaired) electrons. The van der Waals surface area contributed by atoms with E-state index in [0.717, 1.165) is 14.5 Å². The number of nitrogens with one attached hydrogen (secondary N) is 1. The van der Waals surface area contributed by atoms with Crippen molar-refractivity contribution in [2.45, 2.75) is 19.9 Å². The Morgan fingerprint density at radius 2 is 1.95 bits per heavy atom. The van der Waals surface area contributed by atoms with Crippen LogP contribution in [0.3, 0.4) is 0 Å². The average Bonchev–Trinajstić information content (AvgIpc) is 2.34. The summed E-state index contributed by atoms with van der Waals surface area (Å²) >= 11 is 6.76. The molecule has 0 aliphatic carbocycles. The van der Waals surface area contributed by atoms with Crippen LogP contribution in [0.1, 0.15) is 19.4 Å². The van der Waals surface area contributed by atoms with Crippen LogP contribution in [0.5, 0.6) is 5.75 Å². The highest BCUT2D eigenvalue weighted by Gasteiger charge is 2.12. The molecule has 0 spiro atoms. The van der Waals surface area contributed by atoms with Crippen LogP contribution in [0.4, 0.5) is 0 Å². The average molecular weight is 402 g/mol. The second kappa shape index (κ2) is 7.46. The van der Waals surface area contributed by atoms with E-state index in [9.17, 15) is 4.79 Å². The maximum Gasteiger partial charge on any atom is 0.262 e. The number of hydrogen-bond donors (Lipinski definition) is 1. The SMILES string of the molecule is COc1c(Br)cc(/C=C(/C#N)C(=O)NC(C)C)cc1Br. The van der Waals surface area contributed by atoms with Crippen LogP contribution in [0, 0.1) is 11.3 Å². The van der Waals surface area contributed by atoms with Gasteiger partial charge in [0.1, 0.15) is 17.4 Å². The van der Waals surface area contributed by atoms with E-state index in [0.29, 0.717) is 5.75 Å². The highest BCUT2D eigenvalue weighted by Crippen LogP contribution is 2.34. The molecule has 1 N–H and O–H groups in total. The maximum atomic E-state index is 11.8. The molecule has 0 aliphatic heterocycles. The van der Waals surface area contributed by atoms with E-state index in [1.165, 1.54) is 6.08 Å². The molecule has 20 heavy (non-hydrogen) atoms. The second-order valence-electron chi connectivity index (χ2n) is 4.32. The Morgan fingerprint density at radius 1 is 1.40 bits per heavy atom. The minimum absolute atomic E-state index is 0.0198. The summed E-state index contributed by atoms with van der Waals surface area (Å²) in [6.45, 7) is 3.68. The summed E-state index contributed by atoms with van der Waals surface area (Å²) in [5.74, 6) is 0.276. The molecule has 0 aromatic heterocycles. The van der Waals surface area contributed by atoms with Crippen LogP contribution < -0.4 is 10.1 Å². The third kappa shape index (κ3) is 4.36. The van der Waals surface area contributed by atoms with Gasteiger partial charge >= 0.3 is 0 Å². The lowest BCUT2D eigenvalue weighted by molar-refractivity contribution is -0.117. The molecule has 1 amide bonds. The quantitative estimate of drug-likeness (QED) is 0.618. The number of halogens is 2. The number of benzene rings is 1. The third-order valence-electron chi connectivity index (χ3n) is 2.32. The normalized spacial score (nSPS) is 11.2. The number of hydrogen-bond acceptors (Lipinski definition) is 3. The maximum absolute atomic E-state index is 11.8. The van der Waals surface area contributed by atoms with E-state index in [-0.39, 0.29) is 17.5 Å². The number of methoxy groups -OCH3 is 1. The van der Waals surface area contributed by atoms with Gasteiger partial charge in [0.05, 0.1) is 16.1 Å². The van der Waals surface area contributed by atoms with Gasteiger partial charge in [0, 0.05) is 6.04 Å². The molecule has 0 heterocycles. The zero-order valence-electron chi connectivity index (χ0n) is 11.3. The van der Waals surface area contributed by atoms with Gasteiger partial charge in [-0.3, -0.25) is 4.79 Å². The molecule has 0 bridgehead atoms. The van der Waals surface area contributed by atoms with E-state index < -0.39 is 0 Å². The predicted octanol–water partition coefficient (Wildman–Crippen LogP) is 3.65. The predicted molar refractivity (Wildman–Crippen MR) is 85.3 cm³/mol. The van der Waals surface area contributed by atoms with Gasteiger partial charge in [0.2, 0.25) is 0 Å². The lowest BCUT2D eigenvalue weighted by Crippen LogP contribution is -2.30. The molecule has 0 fully saturated rings. The second-order valence-corrected chi connectivity index (χ2v) is 6.02. The van der Waals surface area contributed by atoms with Gasteiger partial charge in [-0.15, -0.1) is 0 Å². The molecule has 4 nitrogen and oxygen atoms in total. The molecule has 1 aromatic rings. The van der Waals surface area contributed by atoms with Crippen molar-refractivity contribution in [2.75, 3.05) is 7.11 Å². The van der Waals surface area contributed by atoms with E-state index >= 15 is 0 Å². The van der Waals surface area contributed by atoms with Crippen LogP contribution in [-0.2, 0) is 4.79 Å². The fourth-order valence-electron chi connectivity index (χ4n) is 1.51. The monoisotopic (exact) mass is 400 g/mol. The fourth-order valence-corrected chi connectivity index (χ4v) is 3.06. The molecule has 0 saturated carbocycles. The van der Waals surface area contributed by atoms with Gasteiger partial charge in [0.25, 0.3) is 5.91 Å². The van der Waals surface area contributed by atoms with Crippen LogP contribution >= 0.6 is 31.9 Å². The van der Waals surface area contributed by atoms with E-state index in [2.05, 4.69) is 37.2 Å². The van der Waals surface area contributed by atoms with Crippen molar-refractivity contribution in [1.29, 1.82) is 5.26 Å². The Kier molecular flexibility index (Phi) is 6.24. The first-order valence-electron chi connectivity index (χ1n) is 5.84. The highest BCUT2D eigenvalue weighted by atomic mass is 79.9. The van der Waals surface area contributed by atoms with Gasteiger partial charge in [-0.05, 0) is 69.5 Å². The van der Waals surface area contributed by atoms with Crippen molar-refractivity contribution in [2.24, 2.45) is 0 Å². The molecule has 106 valence electrons. The van der Waals surface area contributed by atoms with E-state index in [1.54, 1.807) is 19.2 Å². The number of rotatable bonds is 4. The van der Waals surface area contributed by atoms with Crippen LogP contribution in [0.15, 0.2) is 26.7 Å². The Balaban J connectivity index is 3.15. The topological polar surface area (TPSA) is 62.1 Å². The van der Waals surface area contributed by atoms with Crippen molar-refractivity contribution in [1.82, 2.24) is 5.32 Å². The summed E-state index contributed by atoms with van der Waals surface area (Å²) in [5.41, 5.74) is 0.780. The molecule has 0 saturated heterocycles. The van der Waals surface area contributed by atoms with Gasteiger partial charge in [0.15, 0.2) is 0 Å². The number of nitriles is 1. The molecule has 6 heteroatoms. The van der Waals surface area contributed by atoms with Crippen molar-refractivity contribution >= 4 is 43.8 Å². The number of nitrogens with zero attached hydrogens (tertiary/aromatic N) is 1. The first-order valence-corrected chi connectivity index (χ1v) is 7.43. The van der Waals surface area contributed by atoms with Crippen molar-refractivity contribution in [3.63, 3.8) is 0 Å². The van der Waals surface area contributed by atoms with Gasteiger partial charge in [-0.1, -0.05) is 0 Å². The standard InChI is InChI=1S/C14H14Br2N2O2/c1-8(2)18-14(19)10(7-17)4-9-5-11(15)13(20-3)12(16)6-9/h4-6,8H,1-3H3,(H,18,19)/b10-4-. The zero-order valence-corrected chi connectivity index (χ0v) is 14.5. The van der Waals surface area contributed by atoms with Crippen LogP contribution in [-0.4, -0.2) is 19.1 Å². The molecule has 1 rings (SSSR count). The Morgan fingerprint density at radius 3 is 2.35 bits per heavy atom. The smallest absolute Gasteiger partial charge is 0.262 e. The third-order valence-corrected chi connectivity index (χ3v) is 3.50. The summed E-state index contributed by atoms with van der Waals surface area (Å²) in [6, 6.07) is 5.45. The van der Waals surface area contributed by atoms with Crippen LogP contribution in [0.25, 0.3) is 6.08 Å². The molecule has 0 aliphatic rings.